The van der Waals surface area contributed by atoms with Gasteiger partial charge in [-0.15, -0.1) is 0 Å². The van der Waals surface area contributed by atoms with Gasteiger partial charge in [0.05, 0.1) is 0 Å². The van der Waals surface area contributed by atoms with Crippen LogP contribution in [0.25, 0.3) is 0 Å². The predicted molar refractivity (Wildman–Crippen MR) is 86.0 cm³/mol. The number of aryl methyl sites for hydroxylation is 1. The Labute approximate surface area is 124 Å². The van der Waals surface area contributed by atoms with Crippen molar-refractivity contribution in [1.29, 1.82) is 0 Å². The van der Waals surface area contributed by atoms with Crippen molar-refractivity contribution >= 4 is 0 Å². The minimum atomic E-state index is 0.764. The maximum absolute atomic E-state index is 3.94. The lowest BCUT2D eigenvalue weighted by Crippen LogP contribution is -2.49. The van der Waals surface area contributed by atoms with Crippen LogP contribution in [0.15, 0.2) is 24.3 Å². The summed E-state index contributed by atoms with van der Waals surface area (Å²) in [7, 11) is 0. The van der Waals surface area contributed by atoms with Crippen LogP contribution in [-0.2, 0) is 0 Å². The molecule has 1 N–H and O–H groups in total. The van der Waals surface area contributed by atoms with Crippen LogP contribution >= 0.6 is 0 Å². The van der Waals surface area contributed by atoms with Crippen LogP contribution in [0.3, 0.4) is 0 Å². The van der Waals surface area contributed by atoms with Gasteiger partial charge < -0.3 is 5.32 Å². The summed E-state index contributed by atoms with van der Waals surface area (Å²) in [5.74, 6) is 2.59. The molecule has 0 heterocycles. The summed E-state index contributed by atoms with van der Waals surface area (Å²) in [6.07, 6.45) is 6.88. The molecule has 0 saturated heterocycles. The molecule has 0 radical (unpaired) electrons. The summed E-state index contributed by atoms with van der Waals surface area (Å²) in [4.78, 5) is 0. The summed E-state index contributed by atoms with van der Waals surface area (Å²) in [6.45, 7) is 7.09. The maximum atomic E-state index is 3.94. The Morgan fingerprint density at radius 2 is 1.75 bits per heavy atom. The van der Waals surface area contributed by atoms with E-state index in [0.29, 0.717) is 0 Å². The van der Waals surface area contributed by atoms with Gasteiger partial charge in [-0.3, -0.25) is 0 Å². The predicted octanol–water partition coefficient (Wildman–Crippen LogP) is 4.66. The van der Waals surface area contributed by atoms with Gasteiger partial charge in [0.25, 0.3) is 0 Å². The van der Waals surface area contributed by atoms with Gasteiger partial charge >= 0.3 is 0 Å². The van der Waals surface area contributed by atoms with Gasteiger partial charge in [0.15, 0.2) is 0 Å². The number of benzene rings is 1. The zero-order valence-corrected chi connectivity index (χ0v) is 13.2. The zero-order chi connectivity index (χ0) is 14.1. The Morgan fingerprint density at radius 1 is 1.00 bits per heavy atom. The van der Waals surface area contributed by atoms with Crippen LogP contribution < -0.4 is 5.32 Å². The molecule has 0 amide bonds. The van der Waals surface area contributed by atoms with E-state index in [9.17, 15) is 0 Å². The average molecular weight is 271 g/mol. The van der Waals surface area contributed by atoms with E-state index in [-0.39, 0.29) is 0 Å². The monoisotopic (exact) mass is 271 g/mol. The van der Waals surface area contributed by atoms with E-state index in [4.69, 9.17) is 0 Å². The van der Waals surface area contributed by atoms with Gasteiger partial charge in [0, 0.05) is 12.1 Å². The third-order valence-corrected chi connectivity index (χ3v) is 5.65. The molecule has 3 rings (SSSR count). The summed E-state index contributed by atoms with van der Waals surface area (Å²) < 4.78 is 0. The van der Waals surface area contributed by atoms with Crippen LogP contribution in [0.2, 0.25) is 0 Å². The minimum absolute atomic E-state index is 0.764. The van der Waals surface area contributed by atoms with E-state index >= 15 is 0 Å². The van der Waals surface area contributed by atoms with E-state index in [1.54, 1.807) is 5.56 Å². The van der Waals surface area contributed by atoms with Crippen molar-refractivity contribution in [2.75, 3.05) is 0 Å². The minimum Gasteiger partial charge on any atom is -0.311 e. The van der Waals surface area contributed by atoms with Crippen LogP contribution in [0, 0.1) is 18.8 Å². The zero-order valence-electron chi connectivity index (χ0n) is 13.2. The number of hydrogen-bond donors (Lipinski definition) is 1. The summed E-state index contributed by atoms with van der Waals surface area (Å²) in [5, 5.41) is 3.94. The molecule has 3 unspecified atom stereocenters. The molecule has 2 aliphatic rings. The first-order valence-corrected chi connectivity index (χ1v) is 8.45. The Bertz CT molecular complexity index is 447. The lowest BCUT2D eigenvalue weighted by Gasteiger charge is -2.42. The van der Waals surface area contributed by atoms with Crippen LogP contribution in [0.4, 0.5) is 0 Å². The van der Waals surface area contributed by atoms with Crippen molar-refractivity contribution in [1.82, 2.24) is 5.32 Å². The van der Waals surface area contributed by atoms with Crippen LogP contribution in [0.5, 0.6) is 0 Å². The fourth-order valence-corrected chi connectivity index (χ4v) is 4.27. The standard InChI is InChI=1S/C19H29N/c1-13-8-9-19(15(3)10-13)20-17-11-16(12-17)18-7-5-4-6-14(18)2/h4-7,13,15-17,19-20H,8-12H2,1-3H3. The highest BCUT2D eigenvalue weighted by Gasteiger charge is 2.34. The van der Waals surface area contributed by atoms with Gasteiger partial charge in [-0.2, -0.15) is 0 Å². The summed E-state index contributed by atoms with van der Waals surface area (Å²) in [5.41, 5.74) is 3.05. The highest BCUT2D eigenvalue weighted by Crippen LogP contribution is 2.39. The molecule has 0 aromatic heterocycles. The molecular formula is C19H29N. The molecule has 1 aromatic carbocycles. The Kier molecular flexibility index (Phi) is 4.16. The van der Waals surface area contributed by atoms with Crippen LogP contribution in [-0.4, -0.2) is 12.1 Å². The lowest BCUT2D eigenvalue weighted by molar-refractivity contribution is 0.176. The smallest absolute Gasteiger partial charge is 0.00954 e. The first-order chi connectivity index (χ1) is 9.63. The topological polar surface area (TPSA) is 12.0 Å². The first-order valence-electron chi connectivity index (χ1n) is 8.45. The van der Waals surface area contributed by atoms with Crippen molar-refractivity contribution in [3.63, 3.8) is 0 Å². The third-order valence-electron chi connectivity index (χ3n) is 5.65. The fourth-order valence-electron chi connectivity index (χ4n) is 4.27. The largest absolute Gasteiger partial charge is 0.311 e. The molecule has 110 valence electrons. The van der Waals surface area contributed by atoms with Crippen LogP contribution in [0.1, 0.15) is 63.0 Å². The fraction of sp³-hybridized carbons (Fsp3) is 0.684. The van der Waals surface area contributed by atoms with E-state index in [1.807, 2.05) is 0 Å². The van der Waals surface area contributed by atoms with Gasteiger partial charge in [0.2, 0.25) is 0 Å². The Morgan fingerprint density at radius 3 is 2.45 bits per heavy atom. The molecule has 2 aliphatic carbocycles. The van der Waals surface area contributed by atoms with E-state index < -0.39 is 0 Å². The molecule has 2 fully saturated rings. The van der Waals surface area contributed by atoms with E-state index in [0.717, 1.165) is 29.8 Å². The molecule has 1 nitrogen and oxygen atoms in total. The number of hydrogen-bond acceptors (Lipinski definition) is 1. The lowest BCUT2D eigenvalue weighted by atomic mass is 9.73. The van der Waals surface area contributed by atoms with Gasteiger partial charge in [-0.25, -0.2) is 0 Å². The number of rotatable bonds is 3. The van der Waals surface area contributed by atoms with Crippen molar-refractivity contribution in [2.45, 2.75) is 70.9 Å². The molecule has 0 bridgehead atoms. The molecular weight excluding hydrogens is 242 g/mol. The highest BCUT2D eigenvalue weighted by atomic mass is 15.0. The molecule has 0 spiro atoms. The van der Waals surface area contributed by atoms with Crippen molar-refractivity contribution in [2.24, 2.45) is 11.8 Å². The van der Waals surface area contributed by atoms with Gasteiger partial charge in [0.1, 0.15) is 0 Å². The molecule has 1 heteroatoms. The highest BCUT2D eigenvalue weighted by molar-refractivity contribution is 5.31. The normalized spacial score (nSPS) is 37.5. The third kappa shape index (κ3) is 2.93. The summed E-state index contributed by atoms with van der Waals surface area (Å²) in [6, 6.07) is 10.4. The van der Waals surface area contributed by atoms with Crippen molar-refractivity contribution in [3.05, 3.63) is 35.4 Å². The average Bonchev–Trinajstić information content (AvgIpc) is 2.37. The van der Waals surface area contributed by atoms with E-state index in [2.05, 4.69) is 50.4 Å². The molecule has 3 atom stereocenters. The molecule has 1 aromatic rings. The van der Waals surface area contributed by atoms with Gasteiger partial charge in [-0.1, -0.05) is 38.1 Å². The van der Waals surface area contributed by atoms with Crippen molar-refractivity contribution in [3.8, 4) is 0 Å². The second-order valence-electron chi connectivity index (χ2n) is 7.39. The van der Waals surface area contributed by atoms with Crippen molar-refractivity contribution < 1.29 is 0 Å². The SMILES string of the molecule is Cc1ccccc1C1CC(NC2CCC(C)CC2C)C1. The van der Waals surface area contributed by atoms with Gasteiger partial charge in [-0.05, 0) is 67.9 Å². The Balaban J connectivity index is 1.50. The molecule has 2 saturated carbocycles. The Hall–Kier alpha value is -0.820. The molecule has 20 heavy (non-hydrogen) atoms. The summed E-state index contributed by atoms with van der Waals surface area (Å²) >= 11 is 0. The van der Waals surface area contributed by atoms with E-state index in [1.165, 1.54) is 37.7 Å². The number of nitrogens with one attached hydrogen (secondary N) is 1. The maximum Gasteiger partial charge on any atom is 0.00954 e. The first kappa shape index (κ1) is 14.1. The molecule has 0 aliphatic heterocycles. The second-order valence-corrected chi connectivity index (χ2v) is 7.39. The second kappa shape index (κ2) is 5.89. The quantitative estimate of drug-likeness (QED) is 0.843.